The van der Waals surface area contributed by atoms with Crippen LogP contribution in [0.4, 0.5) is 0 Å². The third kappa shape index (κ3) is 3.47. The Labute approximate surface area is 124 Å². The molecule has 21 heavy (non-hydrogen) atoms. The number of hydrogen-bond acceptors (Lipinski definition) is 6. The molecule has 0 spiro atoms. The van der Waals surface area contributed by atoms with E-state index in [1.165, 1.54) is 0 Å². The Hall–Kier alpha value is -1.34. The summed E-state index contributed by atoms with van der Waals surface area (Å²) in [4.78, 5) is 2.22. The third-order valence-corrected chi connectivity index (χ3v) is 3.89. The second-order valence-corrected chi connectivity index (χ2v) is 5.42. The Balaban J connectivity index is 1.64. The number of aliphatic hydroxyl groups is 1. The Morgan fingerprint density at radius 1 is 1.10 bits per heavy atom. The molecule has 6 heteroatoms. The van der Waals surface area contributed by atoms with E-state index in [0.717, 1.165) is 37.6 Å². The van der Waals surface area contributed by atoms with Gasteiger partial charge in [0.2, 0.25) is 0 Å². The number of nitrogens with two attached hydrogens (primary N) is 1. The zero-order valence-electron chi connectivity index (χ0n) is 12.0. The monoisotopic (exact) mass is 294 g/mol. The van der Waals surface area contributed by atoms with E-state index in [-0.39, 0.29) is 6.04 Å². The quantitative estimate of drug-likeness (QED) is 0.823. The van der Waals surface area contributed by atoms with Gasteiger partial charge in [0.25, 0.3) is 0 Å². The van der Waals surface area contributed by atoms with E-state index < -0.39 is 6.10 Å². The lowest BCUT2D eigenvalue weighted by molar-refractivity contribution is 0.0248. The first-order chi connectivity index (χ1) is 10.2. The summed E-state index contributed by atoms with van der Waals surface area (Å²) in [5.74, 6) is 1.40. The maximum atomic E-state index is 10.4. The van der Waals surface area contributed by atoms with Gasteiger partial charge in [0, 0.05) is 25.7 Å². The lowest BCUT2D eigenvalue weighted by Crippen LogP contribution is -2.46. The molecule has 1 fully saturated rings. The van der Waals surface area contributed by atoms with E-state index in [1.807, 2.05) is 18.2 Å². The first kappa shape index (κ1) is 14.6. The molecule has 6 nitrogen and oxygen atoms in total. The highest BCUT2D eigenvalue weighted by Crippen LogP contribution is 2.33. The zero-order valence-corrected chi connectivity index (χ0v) is 12.0. The number of morpholine rings is 1. The Morgan fingerprint density at radius 2 is 1.81 bits per heavy atom. The van der Waals surface area contributed by atoms with Gasteiger partial charge in [0.15, 0.2) is 11.5 Å². The molecule has 1 saturated heterocycles. The summed E-state index contributed by atoms with van der Waals surface area (Å²) in [6.45, 7) is 4.93. The average Bonchev–Trinajstić information content (AvgIpc) is 2.54. The van der Waals surface area contributed by atoms with E-state index in [0.29, 0.717) is 25.5 Å². The number of hydrogen-bond donors (Lipinski definition) is 2. The van der Waals surface area contributed by atoms with Gasteiger partial charge in [0.1, 0.15) is 13.2 Å². The van der Waals surface area contributed by atoms with Crippen LogP contribution in [0, 0.1) is 0 Å². The molecule has 0 aromatic heterocycles. The molecule has 0 bridgehead atoms. The van der Waals surface area contributed by atoms with Crippen molar-refractivity contribution >= 4 is 0 Å². The van der Waals surface area contributed by atoms with Crippen LogP contribution in [-0.2, 0) is 4.74 Å². The molecule has 3 N–H and O–H groups in total. The van der Waals surface area contributed by atoms with Gasteiger partial charge < -0.3 is 25.1 Å². The van der Waals surface area contributed by atoms with Crippen molar-refractivity contribution in [2.45, 2.75) is 12.1 Å². The van der Waals surface area contributed by atoms with Gasteiger partial charge in [-0.3, -0.25) is 4.90 Å². The molecule has 116 valence electrons. The number of rotatable bonds is 4. The molecular weight excluding hydrogens is 272 g/mol. The van der Waals surface area contributed by atoms with E-state index in [4.69, 9.17) is 19.9 Å². The summed E-state index contributed by atoms with van der Waals surface area (Å²) in [5.41, 5.74) is 6.92. The van der Waals surface area contributed by atoms with Crippen molar-refractivity contribution in [3.05, 3.63) is 23.8 Å². The normalized spacial score (nSPS) is 21.8. The summed E-state index contributed by atoms with van der Waals surface area (Å²) in [5, 5.41) is 10.4. The zero-order chi connectivity index (χ0) is 14.7. The molecule has 1 aromatic rings. The topological polar surface area (TPSA) is 77.2 Å². The molecule has 0 saturated carbocycles. The summed E-state index contributed by atoms with van der Waals surface area (Å²) in [6, 6.07) is 5.15. The summed E-state index contributed by atoms with van der Waals surface area (Å²) in [7, 11) is 0. The van der Waals surface area contributed by atoms with Crippen LogP contribution in [0.3, 0.4) is 0 Å². The number of fused-ring (bicyclic) bond motifs is 1. The smallest absolute Gasteiger partial charge is 0.161 e. The van der Waals surface area contributed by atoms with E-state index >= 15 is 0 Å². The largest absolute Gasteiger partial charge is 0.486 e. The molecule has 1 aromatic carbocycles. The maximum absolute atomic E-state index is 10.4. The molecule has 2 unspecified atom stereocenters. The lowest BCUT2D eigenvalue weighted by Gasteiger charge is -2.31. The van der Waals surface area contributed by atoms with Crippen molar-refractivity contribution in [3.63, 3.8) is 0 Å². The van der Waals surface area contributed by atoms with Crippen LogP contribution in [0.5, 0.6) is 11.5 Å². The van der Waals surface area contributed by atoms with Crippen LogP contribution in [-0.4, -0.2) is 62.1 Å². The van der Waals surface area contributed by atoms with Crippen LogP contribution in [0.2, 0.25) is 0 Å². The first-order valence-electron chi connectivity index (χ1n) is 7.37. The molecule has 3 rings (SSSR count). The SMILES string of the molecule is NC(CN1CCOCC1)C(O)c1ccc2c(c1)OCCO2. The van der Waals surface area contributed by atoms with Gasteiger partial charge in [-0.05, 0) is 17.7 Å². The summed E-state index contributed by atoms with van der Waals surface area (Å²) < 4.78 is 16.3. The highest BCUT2D eigenvalue weighted by Gasteiger charge is 2.23. The molecule has 2 atom stereocenters. The highest BCUT2D eigenvalue weighted by molar-refractivity contribution is 5.44. The molecular formula is C15H22N2O4. The van der Waals surface area contributed by atoms with Crippen molar-refractivity contribution in [2.75, 3.05) is 46.1 Å². The van der Waals surface area contributed by atoms with Crippen molar-refractivity contribution in [1.82, 2.24) is 4.90 Å². The minimum Gasteiger partial charge on any atom is -0.486 e. The average molecular weight is 294 g/mol. The van der Waals surface area contributed by atoms with E-state index in [1.54, 1.807) is 0 Å². The molecule has 0 amide bonds. The third-order valence-electron chi connectivity index (χ3n) is 3.89. The predicted molar refractivity (Wildman–Crippen MR) is 77.6 cm³/mol. The Bertz CT molecular complexity index is 477. The number of aliphatic hydroxyl groups excluding tert-OH is 1. The summed E-state index contributed by atoms with van der Waals surface area (Å²) >= 11 is 0. The van der Waals surface area contributed by atoms with Crippen LogP contribution in [0.1, 0.15) is 11.7 Å². The van der Waals surface area contributed by atoms with E-state index in [2.05, 4.69) is 4.90 Å². The number of nitrogens with zero attached hydrogens (tertiary/aromatic N) is 1. The fourth-order valence-corrected chi connectivity index (χ4v) is 2.67. The van der Waals surface area contributed by atoms with Crippen LogP contribution in [0.25, 0.3) is 0 Å². The minimum absolute atomic E-state index is 0.342. The molecule has 2 aliphatic rings. The van der Waals surface area contributed by atoms with Gasteiger partial charge in [-0.25, -0.2) is 0 Å². The number of ether oxygens (including phenoxy) is 3. The molecule has 0 radical (unpaired) electrons. The Kier molecular flexibility index (Phi) is 4.60. The van der Waals surface area contributed by atoms with Crippen molar-refractivity contribution in [3.8, 4) is 11.5 Å². The standard InChI is InChI=1S/C15H22N2O4/c16-12(10-17-3-5-19-6-4-17)15(18)11-1-2-13-14(9-11)21-8-7-20-13/h1-2,9,12,15,18H,3-8,10,16H2. The van der Waals surface area contributed by atoms with Crippen molar-refractivity contribution in [2.24, 2.45) is 5.73 Å². The van der Waals surface area contributed by atoms with Gasteiger partial charge in [-0.15, -0.1) is 0 Å². The maximum Gasteiger partial charge on any atom is 0.161 e. The van der Waals surface area contributed by atoms with Crippen molar-refractivity contribution < 1.29 is 19.3 Å². The van der Waals surface area contributed by atoms with Crippen LogP contribution >= 0.6 is 0 Å². The van der Waals surface area contributed by atoms with Gasteiger partial charge in [-0.2, -0.15) is 0 Å². The minimum atomic E-state index is -0.719. The first-order valence-corrected chi connectivity index (χ1v) is 7.37. The summed E-state index contributed by atoms with van der Waals surface area (Å²) in [6.07, 6.45) is -0.719. The fraction of sp³-hybridized carbons (Fsp3) is 0.600. The van der Waals surface area contributed by atoms with Crippen molar-refractivity contribution in [1.29, 1.82) is 0 Å². The molecule has 2 aliphatic heterocycles. The highest BCUT2D eigenvalue weighted by atomic mass is 16.6. The van der Waals surface area contributed by atoms with Crippen LogP contribution < -0.4 is 15.2 Å². The van der Waals surface area contributed by atoms with Gasteiger partial charge in [0.05, 0.1) is 19.3 Å². The van der Waals surface area contributed by atoms with E-state index in [9.17, 15) is 5.11 Å². The number of benzene rings is 1. The molecule has 0 aliphatic carbocycles. The Morgan fingerprint density at radius 3 is 2.57 bits per heavy atom. The van der Waals surface area contributed by atoms with Gasteiger partial charge >= 0.3 is 0 Å². The van der Waals surface area contributed by atoms with Crippen LogP contribution in [0.15, 0.2) is 18.2 Å². The second-order valence-electron chi connectivity index (χ2n) is 5.42. The van der Waals surface area contributed by atoms with Gasteiger partial charge in [-0.1, -0.05) is 6.07 Å². The fourth-order valence-electron chi connectivity index (χ4n) is 2.67. The predicted octanol–water partition coefficient (Wildman–Crippen LogP) is 0.151. The molecule has 2 heterocycles. The lowest BCUT2D eigenvalue weighted by atomic mass is 10.0. The second kappa shape index (κ2) is 6.62.